The number of amides is 1. The number of allylic oxidation sites excluding steroid dienone is 3. The van der Waals surface area contributed by atoms with Crippen molar-refractivity contribution >= 4 is 40.7 Å². The van der Waals surface area contributed by atoms with Crippen LogP contribution in [0.4, 0.5) is 5.69 Å². The van der Waals surface area contributed by atoms with Gasteiger partial charge in [0.25, 0.3) is 5.91 Å². The molecule has 0 atom stereocenters. The second-order valence-electron chi connectivity index (χ2n) is 9.19. The monoisotopic (exact) mass is 488 g/mol. The Balaban J connectivity index is 1.76. The van der Waals surface area contributed by atoms with Crippen molar-refractivity contribution in [3.8, 4) is 0 Å². The van der Waals surface area contributed by atoms with Crippen LogP contribution in [0.5, 0.6) is 0 Å². The maximum Gasteiger partial charge on any atom is 0.253 e. The SMILES string of the molecule is CCC/C=C(/C1=C(c2c(C)ccc(N)c2C=N)CCSC1)c1ccc(C(=O)N2CCNCC2)cc1. The molecule has 0 aliphatic carbocycles. The molecule has 0 aromatic heterocycles. The first-order chi connectivity index (χ1) is 17.0. The number of anilines is 1. The van der Waals surface area contributed by atoms with Gasteiger partial charge in [0.1, 0.15) is 0 Å². The van der Waals surface area contributed by atoms with Gasteiger partial charge in [0.05, 0.1) is 0 Å². The summed E-state index contributed by atoms with van der Waals surface area (Å²) in [5.41, 5.74) is 15.8. The number of nitrogens with two attached hydrogens (primary N) is 1. The number of benzene rings is 2. The Labute approximate surface area is 213 Å². The second kappa shape index (κ2) is 11.7. The van der Waals surface area contributed by atoms with Gasteiger partial charge in [0.2, 0.25) is 0 Å². The third-order valence-corrected chi connectivity index (χ3v) is 7.84. The fourth-order valence-corrected chi connectivity index (χ4v) is 5.98. The molecule has 5 nitrogen and oxygen atoms in total. The lowest BCUT2D eigenvalue weighted by molar-refractivity contribution is 0.0736. The first kappa shape index (κ1) is 25.3. The normalized spacial score (nSPS) is 17.0. The molecule has 4 N–H and O–H groups in total. The van der Waals surface area contributed by atoms with Gasteiger partial charge < -0.3 is 21.4 Å². The van der Waals surface area contributed by atoms with Crippen LogP contribution >= 0.6 is 11.8 Å². The van der Waals surface area contributed by atoms with E-state index in [0.717, 1.165) is 84.8 Å². The highest BCUT2D eigenvalue weighted by molar-refractivity contribution is 7.99. The molecule has 0 unspecified atom stereocenters. The van der Waals surface area contributed by atoms with Crippen molar-refractivity contribution in [2.24, 2.45) is 0 Å². The Bertz CT molecular complexity index is 1140. The Morgan fingerprint density at radius 3 is 2.54 bits per heavy atom. The van der Waals surface area contributed by atoms with Crippen LogP contribution in [0.1, 0.15) is 58.8 Å². The van der Waals surface area contributed by atoms with Gasteiger partial charge in [0.15, 0.2) is 0 Å². The summed E-state index contributed by atoms with van der Waals surface area (Å²) in [5, 5.41) is 11.4. The van der Waals surface area contributed by atoms with E-state index in [2.05, 4.69) is 43.4 Å². The minimum absolute atomic E-state index is 0.108. The van der Waals surface area contributed by atoms with E-state index < -0.39 is 0 Å². The second-order valence-corrected chi connectivity index (χ2v) is 10.3. The Hall–Kier alpha value is -2.83. The van der Waals surface area contributed by atoms with Crippen LogP contribution in [-0.4, -0.2) is 54.7 Å². The molecule has 2 aromatic carbocycles. The van der Waals surface area contributed by atoms with Crippen molar-refractivity contribution in [3.05, 3.63) is 75.9 Å². The van der Waals surface area contributed by atoms with Crippen molar-refractivity contribution in [2.45, 2.75) is 33.1 Å². The summed E-state index contributed by atoms with van der Waals surface area (Å²) in [7, 11) is 0. The van der Waals surface area contributed by atoms with Gasteiger partial charge in [-0.15, -0.1) is 0 Å². The molecule has 0 radical (unpaired) electrons. The van der Waals surface area contributed by atoms with E-state index in [0.29, 0.717) is 5.69 Å². The van der Waals surface area contributed by atoms with E-state index in [4.69, 9.17) is 11.1 Å². The molecular formula is C29H36N4OS. The number of piperazine rings is 1. The van der Waals surface area contributed by atoms with Gasteiger partial charge in [0, 0.05) is 55.0 Å². The van der Waals surface area contributed by atoms with Gasteiger partial charge in [-0.2, -0.15) is 11.8 Å². The highest BCUT2D eigenvalue weighted by Crippen LogP contribution is 2.41. The van der Waals surface area contributed by atoms with E-state index in [9.17, 15) is 4.79 Å². The zero-order valence-electron chi connectivity index (χ0n) is 20.8. The van der Waals surface area contributed by atoms with E-state index in [1.54, 1.807) is 0 Å². The van der Waals surface area contributed by atoms with Crippen LogP contribution in [-0.2, 0) is 0 Å². The summed E-state index contributed by atoms with van der Waals surface area (Å²) in [6.07, 6.45) is 6.76. The molecule has 6 heteroatoms. The summed E-state index contributed by atoms with van der Waals surface area (Å²) in [5.74, 6) is 2.10. The molecule has 2 aliphatic rings. The first-order valence-corrected chi connectivity index (χ1v) is 13.7. The predicted octanol–water partition coefficient (Wildman–Crippen LogP) is 5.39. The van der Waals surface area contributed by atoms with E-state index >= 15 is 0 Å². The summed E-state index contributed by atoms with van der Waals surface area (Å²) in [6.45, 7) is 7.52. The number of unbranched alkanes of at least 4 members (excludes halogenated alkanes) is 1. The van der Waals surface area contributed by atoms with Crippen molar-refractivity contribution in [1.29, 1.82) is 5.41 Å². The predicted molar refractivity (Wildman–Crippen MR) is 150 cm³/mol. The molecule has 2 aromatic rings. The van der Waals surface area contributed by atoms with Gasteiger partial charge in [-0.3, -0.25) is 4.79 Å². The summed E-state index contributed by atoms with van der Waals surface area (Å²) >= 11 is 1.95. The molecule has 1 amide bonds. The molecule has 0 bridgehead atoms. The fourth-order valence-electron chi connectivity index (χ4n) is 4.95. The molecule has 0 spiro atoms. The lowest BCUT2D eigenvalue weighted by atomic mass is 9.85. The van der Waals surface area contributed by atoms with E-state index in [1.165, 1.54) is 22.9 Å². The third-order valence-electron chi connectivity index (χ3n) is 6.85. The average molecular weight is 489 g/mol. The number of nitrogen functional groups attached to an aromatic ring is 1. The zero-order chi connectivity index (χ0) is 24.8. The van der Waals surface area contributed by atoms with Crippen LogP contribution in [0.15, 0.2) is 48.0 Å². The van der Waals surface area contributed by atoms with Crippen LogP contribution in [0.2, 0.25) is 0 Å². The molecule has 1 fully saturated rings. The lowest BCUT2D eigenvalue weighted by Crippen LogP contribution is -2.46. The molecule has 0 saturated carbocycles. The van der Waals surface area contributed by atoms with Gasteiger partial charge in [-0.1, -0.05) is 37.6 Å². The molecule has 184 valence electrons. The van der Waals surface area contributed by atoms with E-state index in [-0.39, 0.29) is 5.91 Å². The quantitative estimate of drug-likeness (QED) is 0.360. The largest absolute Gasteiger partial charge is 0.398 e. The number of aryl methyl sites for hydroxylation is 1. The third kappa shape index (κ3) is 5.54. The first-order valence-electron chi connectivity index (χ1n) is 12.6. The van der Waals surface area contributed by atoms with Gasteiger partial charge >= 0.3 is 0 Å². The number of carbonyl (C=O) groups excluding carboxylic acids is 1. The van der Waals surface area contributed by atoms with Crippen LogP contribution in [0, 0.1) is 12.3 Å². The van der Waals surface area contributed by atoms with Gasteiger partial charge in [-0.05, 0) is 77.1 Å². The molecule has 2 heterocycles. The number of hydrogen-bond donors (Lipinski definition) is 3. The van der Waals surface area contributed by atoms with Crippen molar-refractivity contribution in [1.82, 2.24) is 10.2 Å². The number of nitrogens with zero attached hydrogens (tertiary/aromatic N) is 1. The van der Waals surface area contributed by atoms with Crippen LogP contribution in [0.25, 0.3) is 11.1 Å². The lowest BCUT2D eigenvalue weighted by Gasteiger charge is -2.28. The fraction of sp³-hybridized carbons (Fsp3) is 0.379. The smallest absolute Gasteiger partial charge is 0.253 e. The van der Waals surface area contributed by atoms with Crippen molar-refractivity contribution < 1.29 is 4.79 Å². The minimum atomic E-state index is 0.108. The molecule has 35 heavy (non-hydrogen) atoms. The zero-order valence-corrected chi connectivity index (χ0v) is 21.6. The highest BCUT2D eigenvalue weighted by Gasteiger charge is 2.23. The van der Waals surface area contributed by atoms with Crippen LogP contribution < -0.4 is 11.1 Å². The van der Waals surface area contributed by atoms with Crippen LogP contribution in [0.3, 0.4) is 0 Å². The van der Waals surface area contributed by atoms with Crippen molar-refractivity contribution in [2.75, 3.05) is 43.4 Å². The average Bonchev–Trinajstić information content (AvgIpc) is 2.91. The Morgan fingerprint density at radius 1 is 1.14 bits per heavy atom. The standard InChI is InChI=1S/C29H36N4OS/c1-3-4-5-23(21-7-9-22(10-8-21)29(34)33-15-13-32-14-16-33)26-19-35-17-12-24(26)28-20(2)6-11-27(31)25(28)18-30/h5-11,18,30,32H,3-4,12-17,19,31H2,1-2H3/b23-5+,30-18?. The highest BCUT2D eigenvalue weighted by atomic mass is 32.2. The summed E-state index contributed by atoms with van der Waals surface area (Å²) < 4.78 is 0. The number of thioether (sulfide) groups is 1. The number of nitrogens with one attached hydrogen (secondary N) is 2. The van der Waals surface area contributed by atoms with Gasteiger partial charge in [-0.25, -0.2) is 0 Å². The number of carbonyl (C=O) groups is 1. The molecule has 1 saturated heterocycles. The number of rotatable bonds is 7. The molecular weight excluding hydrogens is 452 g/mol. The van der Waals surface area contributed by atoms with E-state index in [1.807, 2.05) is 34.9 Å². The topological polar surface area (TPSA) is 82.2 Å². The molecule has 2 aliphatic heterocycles. The number of hydrogen-bond acceptors (Lipinski definition) is 5. The Morgan fingerprint density at radius 2 is 1.86 bits per heavy atom. The maximum absolute atomic E-state index is 13.0. The summed E-state index contributed by atoms with van der Waals surface area (Å²) in [4.78, 5) is 14.9. The maximum atomic E-state index is 13.0. The Kier molecular flexibility index (Phi) is 8.47. The van der Waals surface area contributed by atoms with Crippen molar-refractivity contribution in [3.63, 3.8) is 0 Å². The molecule has 4 rings (SSSR count). The summed E-state index contributed by atoms with van der Waals surface area (Å²) in [6, 6.07) is 12.1. The minimum Gasteiger partial charge on any atom is -0.398 e.